The van der Waals surface area contributed by atoms with Gasteiger partial charge in [-0.25, -0.2) is 0 Å². The van der Waals surface area contributed by atoms with Crippen molar-refractivity contribution in [3.8, 4) is 0 Å². The fourth-order valence-corrected chi connectivity index (χ4v) is 1.36. The Bertz CT molecular complexity index is 267. The van der Waals surface area contributed by atoms with E-state index in [0.717, 1.165) is 19.3 Å². The molecule has 0 aromatic rings. The molecule has 0 atom stereocenters. The summed E-state index contributed by atoms with van der Waals surface area (Å²) >= 11 is 0. The molecule has 14 heavy (non-hydrogen) atoms. The number of nitrogens with one attached hydrogen (secondary N) is 1. The van der Waals surface area contributed by atoms with Crippen molar-refractivity contribution in [1.29, 1.82) is 0 Å². The molecule has 1 fully saturated rings. The first-order chi connectivity index (χ1) is 6.28. The molecule has 4 heteroatoms. The molecule has 1 saturated carbocycles. The maximum absolute atomic E-state index is 11.6. The number of hydrogen-bond donors (Lipinski definition) is 2. The monoisotopic (exact) mass is 199 g/mol. The first kappa shape index (κ1) is 11.0. The molecule has 0 aliphatic heterocycles. The third kappa shape index (κ3) is 1.89. The van der Waals surface area contributed by atoms with Crippen LogP contribution in [-0.2, 0) is 9.59 Å². The van der Waals surface area contributed by atoms with Gasteiger partial charge in [0.1, 0.15) is 5.41 Å². The van der Waals surface area contributed by atoms with E-state index in [1.165, 1.54) is 13.8 Å². The second-order valence-electron chi connectivity index (χ2n) is 4.80. The molecule has 0 spiro atoms. The highest BCUT2D eigenvalue weighted by Crippen LogP contribution is 2.32. The van der Waals surface area contributed by atoms with Crippen molar-refractivity contribution >= 4 is 11.9 Å². The van der Waals surface area contributed by atoms with Crippen molar-refractivity contribution in [2.45, 2.75) is 45.6 Å². The molecule has 0 radical (unpaired) electrons. The molecular formula is C10H17NO3. The van der Waals surface area contributed by atoms with Gasteiger partial charge in [0.2, 0.25) is 5.91 Å². The number of carboxylic acid groups (broad SMARTS) is 1. The normalized spacial score (nSPS) is 19.6. The van der Waals surface area contributed by atoms with E-state index in [-0.39, 0.29) is 5.54 Å². The lowest BCUT2D eigenvalue weighted by Gasteiger charge is -2.40. The lowest BCUT2D eigenvalue weighted by Crippen LogP contribution is -2.56. The standard InChI is InChI=1S/C10H17NO3/c1-9(2,8(13)14)7(12)11-10(3)5-4-6-10/h4-6H2,1-3H3,(H,11,12)(H,13,14). The van der Waals surface area contributed by atoms with Crippen LogP contribution >= 0.6 is 0 Å². The average Bonchev–Trinajstić information content (AvgIpc) is 2.01. The fraction of sp³-hybridized carbons (Fsp3) is 0.800. The highest BCUT2D eigenvalue weighted by atomic mass is 16.4. The lowest BCUT2D eigenvalue weighted by atomic mass is 9.77. The summed E-state index contributed by atoms with van der Waals surface area (Å²) in [6, 6.07) is 0. The van der Waals surface area contributed by atoms with Gasteiger partial charge in [-0.3, -0.25) is 9.59 Å². The van der Waals surface area contributed by atoms with Crippen molar-refractivity contribution < 1.29 is 14.7 Å². The molecular weight excluding hydrogens is 182 g/mol. The Labute approximate surface area is 83.7 Å². The van der Waals surface area contributed by atoms with E-state index in [2.05, 4.69) is 5.32 Å². The van der Waals surface area contributed by atoms with Crippen LogP contribution in [0.5, 0.6) is 0 Å². The summed E-state index contributed by atoms with van der Waals surface area (Å²) in [7, 11) is 0. The summed E-state index contributed by atoms with van der Waals surface area (Å²) < 4.78 is 0. The highest BCUT2D eigenvalue weighted by molar-refractivity contribution is 6.01. The second-order valence-corrected chi connectivity index (χ2v) is 4.80. The zero-order chi connectivity index (χ0) is 11.0. The Kier molecular flexibility index (Phi) is 2.56. The summed E-state index contributed by atoms with van der Waals surface area (Å²) in [4.78, 5) is 22.4. The number of carboxylic acids is 1. The Balaban J connectivity index is 2.61. The van der Waals surface area contributed by atoms with Crippen molar-refractivity contribution in [3.05, 3.63) is 0 Å². The molecule has 1 rings (SSSR count). The number of carbonyl (C=O) groups is 2. The molecule has 1 aliphatic carbocycles. The van der Waals surface area contributed by atoms with Crippen LogP contribution in [0.15, 0.2) is 0 Å². The van der Waals surface area contributed by atoms with Crippen LogP contribution in [0.3, 0.4) is 0 Å². The van der Waals surface area contributed by atoms with E-state index >= 15 is 0 Å². The zero-order valence-electron chi connectivity index (χ0n) is 8.89. The Morgan fingerprint density at radius 2 is 1.86 bits per heavy atom. The average molecular weight is 199 g/mol. The number of aliphatic carboxylic acids is 1. The SMILES string of the molecule is CC1(NC(=O)C(C)(C)C(=O)O)CCC1. The van der Waals surface area contributed by atoms with E-state index in [1.54, 1.807) is 0 Å². The van der Waals surface area contributed by atoms with E-state index in [4.69, 9.17) is 5.11 Å². The zero-order valence-corrected chi connectivity index (χ0v) is 8.89. The number of carbonyl (C=O) groups excluding carboxylic acids is 1. The van der Waals surface area contributed by atoms with Gasteiger partial charge in [-0.1, -0.05) is 0 Å². The van der Waals surface area contributed by atoms with Gasteiger partial charge in [-0.05, 0) is 40.0 Å². The number of amides is 1. The molecule has 1 amide bonds. The van der Waals surface area contributed by atoms with Crippen LogP contribution in [0.2, 0.25) is 0 Å². The smallest absolute Gasteiger partial charge is 0.318 e. The molecule has 0 aromatic heterocycles. The third-order valence-electron chi connectivity index (χ3n) is 2.97. The van der Waals surface area contributed by atoms with Gasteiger partial charge >= 0.3 is 5.97 Å². The van der Waals surface area contributed by atoms with Gasteiger partial charge in [0.05, 0.1) is 0 Å². The van der Waals surface area contributed by atoms with E-state index in [0.29, 0.717) is 0 Å². The Morgan fingerprint density at radius 1 is 1.36 bits per heavy atom. The van der Waals surface area contributed by atoms with Gasteiger partial charge in [-0.15, -0.1) is 0 Å². The maximum Gasteiger partial charge on any atom is 0.318 e. The van der Waals surface area contributed by atoms with Gasteiger partial charge in [0, 0.05) is 5.54 Å². The molecule has 0 unspecified atom stereocenters. The molecule has 0 aromatic carbocycles. The number of hydrogen-bond acceptors (Lipinski definition) is 2. The van der Waals surface area contributed by atoms with Crippen LogP contribution in [0, 0.1) is 5.41 Å². The van der Waals surface area contributed by atoms with Gasteiger partial charge < -0.3 is 10.4 Å². The van der Waals surface area contributed by atoms with Crippen LogP contribution < -0.4 is 5.32 Å². The minimum absolute atomic E-state index is 0.177. The summed E-state index contributed by atoms with van der Waals surface area (Å²) in [5.74, 6) is -1.48. The Hall–Kier alpha value is -1.06. The minimum Gasteiger partial charge on any atom is -0.480 e. The fourth-order valence-electron chi connectivity index (χ4n) is 1.36. The van der Waals surface area contributed by atoms with Crippen LogP contribution in [0.4, 0.5) is 0 Å². The van der Waals surface area contributed by atoms with E-state index < -0.39 is 17.3 Å². The molecule has 1 aliphatic rings. The van der Waals surface area contributed by atoms with Crippen molar-refractivity contribution in [2.24, 2.45) is 5.41 Å². The van der Waals surface area contributed by atoms with E-state index in [9.17, 15) is 9.59 Å². The Morgan fingerprint density at radius 3 is 2.14 bits per heavy atom. The maximum atomic E-state index is 11.6. The van der Waals surface area contributed by atoms with Crippen molar-refractivity contribution in [3.63, 3.8) is 0 Å². The largest absolute Gasteiger partial charge is 0.480 e. The third-order valence-corrected chi connectivity index (χ3v) is 2.97. The topological polar surface area (TPSA) is 66.4 Å². The van der Waals surface area contributed by atoms with Crippen LogP contribution in [0.25, 0.3) is 0 Å². The lowest BCUT2D eigenvalue weighted by molar-refractivity contribution is -0.154. The second kappa shape index (κ2) is 3.26. The quantitative estimate of drug-likeness (QED) is 0.670. The summed E-state index contributed by atoms with van der Waals surface area (Å²) in [5.41, 5.74) is -1.51. The van der Waals surface area contributed by atoms with Gasteiger partial charge in [-0.2, -0.15) is 0 Å². The predicted octanol–water partition coefficient (Wildman–Crippen LogP) is 1.16. The molecule has 4 nitrogen and oxygen atoms in total. The first-order valence-electron chi connectivity index (χ1n) is 4.84. The molecule has 2 N–H and O–H groups in total. The minimum atomic E-state index is -1.33. The van der Waals surface area contributed by atoms with Crippen molar-refractivity contribution in [1.82, 2.24) is 5.32 Å². The molecule has 0 bridgehead atoms. The van der Waals surface area contributed by atoms with Crippen LogP contribution in [0.1, 0.15) is 40.0 Å². The van der Waals surface area contributed by atoms with Crippen molar-refractivity contribution in [2.75, 3.05) is 0 Å². The summed E-state index contributed by atoms with van der Waals surface area (Å²) in [6.07, 6.45) is 2.98. The van der Waals surface area contributed by atoms with E-state index in [1.807, 2.05) is 6.92 Å². The highest BCUT2D eigenvalue weighted by Gasteiger charge is 2.41. The molecule has 80 valence electrons. The van der Waals surface area contributed by atoms with Gasteiger partial charge in [0.15, 0.2) is 0 Å². The summed E-state index contributed by atoms with van der Waals surface area (Å²) in [6.45, 7) is 4.80. The molecule has 0 heterocycles. The number of rotatable bonds is 3. The predicted molar refractivity (Wildman–Crippen MR) is 51.8 cm³/mol. The first-order valence-corrected chi connectivity index (χ1v) is 4.84. The molecule has 0 saturated heterocycles. The van der Waals surface area contributed by atoms with Crippen LogP contribution in [-0.4, -0.2) is 22.5 Å². The van der Waals surface area contributed by atoms with Gasteiger partial charge in [0.25, 0.3) is 0 Å². The summed E-state index contributed by atoms with van der Waals surface area (Å²) in [5, 5.41) is 11.6.